The van der Waals surface area contributed by atoms with Crippen molar-refractivity contribution in [1.29, 1.82) is 0 Å². The summed E-state index contributed by atoms with van der Waals surface area (Å²) in [6, 6.07) is 0.538. The Balaban J connectivity index is 0.000000561. The van der Waals surface area contributed by atoms with Crippen LogP contribution in [0.15, 0.2) is 0 Å². The van der Waals surface area contributed by atoms with E-state index in [1.54, 1.807) is 0 Å². The Morgan fingerprint density at radius 2 is 1.82 bits per heavy atom. The average Bonchev–Trinajstić information content (AvgIpc) is 2.95. The molecule has 0 unspecified atom stereocenters. The van der Waals surface area contributed by atoms with Gasteiger partial charge in [-0.05, 0) is 32.9 Å². The maximum atomic E-state index is 10.9. The maximum Gasteiger partial charge on any atom is 0.210 e. The summed E-state index contributed by atoms with van der Waals surface area (Å²) in [5.41, 5.74) is 3.72. The lowest BCUT2D eigenvalue weighted by molar-refractivity contribution is -0.118. The van der Waals surface area contributed by atoms with Gasteiger partial charge in [0.15, 0.2) is 0 Å². The summed E-state index contributed by atoms with van der Waals surface area (Å²) in [6.45, 7) is 13.8. The first-order chi connectivity index (χ1) is 10.8. The molecule has 1 aromatic rings. The molecule has 1 saturated heterocycles. The van der Waals surface area contributed by atoms with E-state index in [0.29, 0.717) is 6.04 Å². The van der Waals surface area contributed by atoms with Gasteiger partial charge in [-0.1, -0.05) is 27.7 Å². The van der Waals surface area contributed by atoms with Crippen LogP contribution in [0.4, 0.5) is 0 Å². The summed E-state index contributed by atoms with van der Waals surface area (Å²) in [6.07, 6.45) is 4.21. The van der Waals surface area contributed by atoms with Gasteiger partial charge < -0.3 is 10.2 Å². The predicted octanol–water partition coefficient (Wildman–Crippen LogP) is 2.68. The van der Waals surface area contributed by atoms with Crippen molar-refractivity contribution in [3.63, 3.8) is 0 Å². The van der Waals surface area contributed by atoms with E-state index in [1.807, 2.05) is 32.6 Å². The van der Waals surface area contributed by atoms with Crippen molar-refractivity contribution in [2.75, 3.05) is 19.6 Å². The summed E-state index contributed by atoms with van der Waals surface area (Å²) in [5.74, 6) is 0. The number of nitrogens with zero attached hydrogens (tertiary/aromatic N) is 3. The number of aromatic nitrogens is 2. The fourth-order valence-corrected chi connectivity index (χ4v) is 3.08. The van der Waals surface area contributed by atoms with E-state index in [0.717, 1.165) is 57.5 Å². The van der Waals surface area contributed by atoms with E-state index in [2.05, 4.69) is 16.9 Å². The van der Waals surface area contributed by atoms with Gasteiger partial charge in [0.25, 0.3) is 0 Å². The zero-order chi connectivity index (χ0) is 16.5. The molecule has 0 aliphatic carbocycles. The van der Waals surface area contributed by atoms with Gasteiger partial charge in [0, 0.05) is 30.8 Å². The third kappa shape index (κ3) is 4.09. The van der Waals surface area contributed by atoms with E-state index >= 15 is 0 Å². The summed E-state index contributed by atoms with van der Waals surface area (Å²) < 4.78 is 2.24. The Bertz CT molecular complexity index is 450. The van der Waals surface area contributed by atoms with Gasteiger partial charge in [0.2, 0.25) is 6.41 Å². The van der Waals surface area contributed by atoms with Gasteiger partial charge in [-0.15, -0.1) is 0 Å². The number of rotatable bonds is 2. The maximum absolute atomic E-state index is 10.9. The quantitative estimate of drug-likeness (QED) is 0.855. The molecule has 2 aliphatic rings. The largest absolute Gasteiger partial charge is 0.340 e. The third-order valence-electron chi connectivity index (χ3n) is 4.12. The van der Waals surface area contributed by atoms with E-state index in [-0.39, 0.29) is 0 Å². The second kappa shape index (κ2) is 9.62. The van der Waals surface area contributed by atoms with Crippen molar-refractivity contribution in [3.05, 3.63) is 17.0 Å². The summed E-state index contributed by atoms with van der Waals surface area (Å²) >= 11 is 0. The number of fused-ring (bicyclic) bond motifs is 1. The highest BCUT2D eigenvalue weighted by Crippen LogP contribution is 2.27. The average molecular weight is 308 g/mol. The van der Waals surface area contributed by atoms with Crippen molar-refractivity contribution in [2.24, 2.45) is 0 Å². The van der Waals surface area contributed by atoms with E-state index in [4.69, 9.17) is 5.10 Å². The second-order valence-corrected chi connectivity index (χ2v) is 5.26. The van der Waals surface area contributed by atoms with Gasteiger partial charge in [0.05, 0.1) is 11.7 Å². The zero-order valence-electron chi connectivity index (χ0n) is 14.9. The Labute approximate surface area is 135 Å². The number of amides is 1. The molecule has 0 spiro atoms. The molecule has 1 N–H and O–H groups in total. The van der Waals surface area contributed by atoms with Crippen molar-refractivity contribution in [1.82, 2.24) is 20.0 Å². The van der Waals surface area contributed by atoms with Gasteiger partial charge >= 0.3 is 0 Å². The molecule has 1 fully saturated rings. The van der Waals surface area contributed by atoms with Crippen LogP contribution in [0.5, 0.6) is 0 Å². The number of carbonyl (C=O) groups excluding carboxylic acids is 1. The molecule has 0 atom stereocenters. The number of piperidine rings is 1. The molecular formula is C17H32N4O. The van der Waals surface area contributed by atoms with Crippen LogP contribution in [0.2, 0.25) is 0 Å². The van der Waals surface area contributed by atoms with E-state index in [9.17, 15) is 4.79 Å². The predicted molar refractivity (Wildman–Crippen MR) is 91.0 cm³/mol. The fraction of sp³-hybridized carbons (Fsp3) is 0.765. The van der Waals surface area contributed by atoms with Gasteiger partial charge in [-0.3, -0.25) is 9.48 Å². The van der Waals surface area contributed by atoms with Crippen LogP contribution in [0.3, 0.4) is 0 Å². The normalized spacial score (nSPS) is 17.6. The number of aryl methyl sites for hydroxylation is 1. The number of hydrogen-bond donors (Lipinski definition) is 1. The molecule has 5 nitrogen and oxygen atoms in total. The van der Waals surface area contributed by atoms with Crippen LogP contribution in [0.25, 0.3) is 0 Å². The van der Waals surface area contributed by atoms with Gasteiger partial charge in [-0.2, -0.15) is 5.10 Å². The monoisotopic (exact) mass is 308 g/mol. The standard InChI is InChI=1S/C13H20N4O.2C2H6/c1-10-12-8-16(9-18)7-4-13(12)17(15-10)11-2-5-14-6-3-11;2*1-2/h9,11,14H,2-8H2,1H3;2*1-2H3. The van der Waals surface area contributed by atoms with Crippen molar-refractivity contribution in [2.45, 2.75) is 66.5 Å². The molecule has 3 rings (SSSR count). The minimum atomic E-state index is 0.538. The molecule has 1 amide bonds. The highest BCUT2D eigenvalue weighted by molar-refractivity contribution is 5.49. The molecule has 3 heterocycles. The number of carbonyl (C=O) groups is 1. The summed E-state index contributed by atoms with van der Waals surface area (Å²) in [5, 5.41) is 8.12. The zero-order valence-corrected chi connectivity index (χ0v) is 14.9. The lowest BCUT2D eigenvalue weighted by Gasteiger charge is -2.28. The van der Waals surface area contributed by atoms with Gasteiger partial charge in [-0.25, -0.2) is 0 Å². The summed E-state index contributed by atoms with van der Waals surface area (Å²) in [7, 11) is 0. The lowest BCUT2D eigenvalue weighted by Crippen LogP contribution is -2.33. The molecule has 22 heavy (non-hydrogen) atoms. The highest BCUT2D eigenvalue weighted by atomic mass is 16.1. The number of nitrogens with one attached hydrogen (secondary N) is 1. The topological polar surface area (TPSA) is 50.2 Å². The van der Waals surface area contributed by atoms with Crippen LogP contribution < -0.4 is 5.32 Å². The molecule has 0 aromatic carbocycles. The molecule has 2 aliphatic heterocycles. The first-order valence-corrected chi connectivity index (χ1v) is 8.76. The van der Waals surface area contributed by atoms with Crippen LogP contribution in [0.1, 0.15) is 63.5 Å². The van der Waals surface area contributed by atoms with E-state index in [1.165, 1.54) is 11.3 Å². The molecular weight excluding hydrogens is 276 g/mol. The fourth-order valence-electron chi connectivity index (χ4n) is 3.08. The summed E-state index contributed by atoms with van der Waals surface area (Å²) in [4.78, 5) is 12.7. The minimum Gasteiger partial charge on any atom is -0.340 e. The van der Waals surface area contributed by atoms with Crippen LogP contribution in [-0.4, -0.2) is 40.7 Å². The Kier molecular flexibility index (Phi) is 8.17. The number of hydrogen-bond acceptors (Lipinski definition) is 3. The molecule has 0 saturated carbocycles. The second-order valence-electron chi connectivity index (χ2n) is 5.26. The molecule has 0 bridgehead atoms. The Morgan fingerprint density at radius 1 is 1.18 bits per heavy atom. The third-order valence-corrected chi connectivity index (χ3v) is 4.12. The van der Waals surface area contributed by atoms with Crippen LogP contribution in [0, 0.1) is 6.92 Å². The van der Waals surface area contributed by atoms with Gasteiger partial charge in [0.1, 0.15) is 0 Å². The van der Waals surface area contributed by atoms with Crippen LogP contribution >= 0.6 is 0 Å². The smallest absolute Gasteiger partial charge is 0.210 e. The molecule has 0 radical (unpaired) electrons. The Morgan fingerprint density at radius 3 is 2.41 bits per heavy atom. The van der Waals surface area contributed by atoms with Crippen molar-refractivity contribution >= 4 is 6.41 Å². The minimum absolute atomic E-state index is 0.538. The molecule has 5 heteroatoms. The SMILES string of the molecule is CC.CC.Cc1nn(C2CCNCC2)c2c1CN(C=O)CC2. The molecule has 1 aromatic heterocycles. The first kappa shape index (κ1) is 18.7. The van der Waals surface area contributed by atoms with E-state index < -0.39 is 0 Å². The van der Waals surface area contributed by atoms with Crippen molar-refractivity contribution in [3.8, 4) is 0 Å². The molecule has 126 valence electrons. The van der Waals surface area contributed by atoms with Crippen LogP contribution in [-0.2, 0) is 17.8 Å². The van der Waals surface area contributed by atoms with Crippen molar-refractivity contribution < 1.29 is 4.79 Å². The highest BCUT2D eigenvalue weighted by Gasteiger charge is 2.26. The first-order valence-electron chi connectivity index (χ1n) is 8.76. The Hall–Kier alpha value is -1.36. The lowest BCUT2D eigenvalue weighted by atomic mass is 10.0.